The molecule has 1 aromatic heterocycles. The fraction of sp³-hybridized carbons (Fsp3) is 0.545. The molecule has 1 aliphatic heterocycles. The molecular weight excluding hydrogens is 202 g/mol. The minimum absolute atomic E-state index is 0.420. The predicted octanol–water partition coefficient (Wildman–Crippen LogP) is 0.489. The molecule has 1 saturated heterocycles. The fourth-order valence-electron chi connectivity index (χ4n) is 2.02. The molecule has 0 aliphatic carbocycles. The molecule has 5 heteroatoms. The Morgan fingerprint density at radius 2 is 2.38 bits per heavy atom. The van der Waals surface area contributed by atoms with Gasteiger partial charge in [-0.25, -0.2) is 9.97 Å². The van der Waals surface area contributed by atoms with Crippen LogP contribution in [0, 0.1) is 11.3 Å². The summed E-state index contributed by atoms with van der Waals surface area (Å²) in [5.41, 5.74) is 0.420. The van der Waals surface area contributed by atoms with Gasteiger partial charge in [0.05, 0.1) is 0 Å². The van der Waals surface area contributed by atoms with Crippen LogP contribution in [0.5, 0.6) is 0 Å². The van der Waals surface area contributed by atoms with Crippen molar-refractivity contribution in [2.24, 2.45) is 0 Å². The minimum atomic E-state index is 0.420. The second kappa shape index (κ2) is 4.45. The minimum Gasteiger partial charge on any atom is -0.355 e. The summed E-state index contributed by atoms with van der Waals surface area (Å²) in [7, 11) is 4.14. The quantitative estimate of drug-likeness (QED) is 0.721. The maximum absolute atomic E-state index is 8.78. The zero-order valence-electron chi connectivity index (χ0n) is 9.59. The molecule has 0 aromatic carbocycles. The third-order valence-electron chi connectivity index (χ3n) is 3.04. The monoisotopic (exact) mass is 217 g/mol. The molecule has 1 fully saturated rings. The zero-order valence-corrected chi connectivity index (χ0v) is 9.59. The van der Waals surface area contributed by atoms with Crippen molar-refractivity contribution in [2.75, 3.05) is 32.1 Å². The van der Waals surface area contributed by atoms with Crippen molar-refractivity contribution in [1.29, 1.82) is 5.26 Å². The summed E-state index contributed by atoms with van der Waals surface area (Å²) in [6, 6.07) is 4.25. The van der Waals surface area contributed by atoms with Gasteiger partial charge in [-0.05, 0) is 20.0 Å². The molecule has 1 atom stereocenters. The summed E-state index contributed by atoms with van der Waals surface area (Å²) in [5, 5.41) is 8.78. The lowest BCUT2D eigenvalue weighted by molar-refractivity contribution is 0.409. The summed E-state index contributed by atoms with van der Waals surface area (Å²) in [4.78, 5) is 12.5. The Labute approximate surface area is 95.3 Å². The molecule has 0 spiro atoms. The molecule has 16 heavy (non-hydrogen) atoms. The number of likely N-dealkylation sites (N-methyl/N-ethyl adjacent to an activating group) is 2. The van der Waals surface area contributed by atoms with Crippen LogP contribution in [-0.4, -0.2) is 48.1 Å². The van der Waals surface area contributed by atoms with Crippen LogP contribution < -0.4 is 4.90 Å². The van der Waals surface area contributed by atoms with Crippen molar-refractivity contribution in [3.63, 3.8) is 0 Å². The molecule has 1 aromatic rings. The van der Waals surface area contributed by atoms with Crippen LogP contribution in [0.1, 0.15) is 12.1 Å². The molecule has 0 amide bonds. The zero-order chi connectivity index (χ0) is 11.5. The second-order valence-electron chi connectivity index (χ2n) is 4.19. The van der Waals surface area contributed by atoms with Gasteiger partial charge in [0.2, 0.25) is 0 Å². The first-order valence-corrected chi connectivity index (χ1v) is 5.34. The first-order valence-electron chi connectivity index (χ1n) is 5.34. The van der Waals surface area contributed by atoms with E-state index in [-0.39, 0.29) is 0 Å². The summed E-state index contributed by atoms with van der Waals surface area (Å²) in [6.45, 7) is 2.16. The fourth-order valence-corrected chi connectivity index (χ4v) is 2.02. The van der Waals surface area contributed by atoms with Crippen molar-refractivity contribution in [1.82, 2.24) is 14.9 Å². The highest BCUT2D eigenvalue weighted by Crippen LogP contribution is 2.18. The van der Waals surface area contributed by atoms with Crippen molar-refractivity contribution in [2.45, 2.75) is 12.5 Å². The number of hydrogen-bond acceptors (Lipinski definition) is 5. The smallest absolute Gasteiger partial charge is 0.145 e. The van der Waals surface area contributed by atoms with Crippen LogP contribution >= 0.6 is 0 Å². The van der Waals surface area contributed by atoms with Crippen LogP contribution in [0.3, 0.4) is 0 Å². The number of hydrogen-bond donors (Lipinski definition) is 0. The summed E-state index contributed by atoms with van der Waals surface area (Å²) in [5.74, 6) is 0.826. The van der Waals surface area contributed by atoms with Gasteiger partial charge in [0, 0.05) is 25.7 Å². The van der Waals surface area contributed by atoms with Gasteiger partial charge in [0.15, 0.2) is 0 Å². The lowest BCUT2D eigenvalue weighted by Crippen LogP contribution is -2.34. The van der Waals surface area contributed by atoms with E-state index in [1.807, 2.05) is 13.1 Å². The molecule has 2 heterocycles. The van der Waals surface area contributed by atoms with E-state index in [9.17, 15) is 0 Å². The number of rotatable bonds is 2. The van der Waals surface area contributed by atoms with Gasteiger partial charge in [-0.3, -0.25) is 0 Å². The van der Waals surface area contributed by atoms with Gasteiger partial charge < -0.3 is 9.80 Å². The van der Waals surface area contributed by atoms with Gasteiger partial charge in [0.25, 0.3) is 0 Å². The molecule has 0 radical (unpaired) electrons. The first kappa shape index (κ1) is 10.8. The van der Waals surface area contributed by atoms with Crippen LogP contribution in [0.25, 0.3) is 0 Å². The van der Waals surface area contributed by atoms with Crippen LogP contribution in [0.4, 0.5) is 5.82 Å². The van der Waals surface area contributed by atoms with Gasteiger partial charge in [0.1, 0.15) is 23.9 Å². The Morgan fingerprint density at radius 1 is 1.56 bits per heavy atom. The molecule has 1 aliphatic rings. The number of nitriles is 1. The van der Waals surface area contributed by atoms with Crippen LogP contribution in [0.2, 0.25) is 0 Å². The molecule has 0 bridgehead atoms. The van der Waals surface area contributed by atoms with Crippen molar-refractivity contribution >= 4 is 5.82 Å². The van der Waals surface area contributed by atoms with Crippen molar-refractivity contribution in [3.8, 4) is 6.07 Å². The normalized spacial score (nSPS) is 20.7. The van der Waals surface area contributed by atoms with E-state index in [0.717, 1.165) is 25.3 Å². The first-order chi connectivity index (χ1) is 7.70. The van der Waals surface area contributed by atoms with E-state index in [1.54, 1.807) is 6.07 Å². The van der Waals surface area contributed by atoms with E-state index in [1.165, 1.54) is 6.33 Å². The Kier molecular flexibility index (Phi) is 3.02. The van der Waals surface area contributed by atoms with E-state index in [4.69, 9.17) is 5.26 Å². The van der Waals surface area contributed by atoms with E-state index >= 15 is 0 Å². The van der Waals surface area contributed by atoms with Crippen molar-refractivity contribution < 1.29 is 0 Å². The molecule has 84 valence electrons. The molecule has 0 N–H and O–H groups in total. The van der Waals surface area contributed by atoms with Crippen LogP contribution in [0.15, 0.2) is 12.4 Å². The summed E-state index contributed by atoms with van der Waals surface area (Å²) >= 11 is 0. The largest absolute Gasteiger partial charge is 0.355 e. The maximum atomic E-state index is 8.78. The molecule has 2 rings (SSSR count). The average Bonchev–Trinajstić information content (AvgIpc) is 2.75. The molecule has 1 unspecified atom stereocenters. The molecule has 0 saturated carbocycles. The van der Waals surface area contributed by atoms with E-state index in [2.05, 4.69) is 26.8 Å². The standard InChI is InChI=1S/C11H15N5/c1-15-4-3-10(7-15)16(2)11-5-9(6-12)13-8-14-11/h5,8,10H,3-4,7H2,1-2H3. The Morgan fingerprint density at radius 3 is 3.00 bits per heavy atom. The number of nitrogens with zero attached hydrogens (tertiary/aromatic N) is 5. The van der Waals surface area contributed by atoms with Gasteiger partial charge in [-0.2, -0.15) is 5.26 Å². The Bertz CT molecular complexity index is 411. The predicted molar refractivity (Wildman–Crippen MR) is 61.1 cm³/mol. The third kappa shape index (κ3) is 2.12. The number of aromatic nitrogens is 2. The lowest BCUT2D eigenvalue weighted by Gasteiger charge is -2.25. The van der Waals surface area contributed by atoms with E-state index < -0.39 is 0 Å². The van der Waals surface area contributed by atoms with Gasteiger partial charge in [-0.1, -0.05) is 0 Å². The summed E-state index contributed by atoms with van der Waals surface area (Å²) in [6.07, 6.45) is 2.59. The summed E-state index contributed by atoms with van der Waals surface area (Å²) < 4.78 is 0. The Balaban J connectivity index is 2.14. The second-order valence-corrected chi connectivity index (χ2v) is 4.19. The van der Waals surface area contributed by atoms with Gasteiger partial charge in [-0.15, -0.1) is 0 Å². The maximum Gasteiger partial charge on any atom is 0.145 e. The highest BCUT2D eigenvalue weighted by atomic mass is 15.3. The Hall–Kier alpha value is -1.67. The average molecular weight is 217 g/mol. The number of likely N-dealkylation sites (tertiary alicyclic amines) is 1. The third-order valence-corrected chi connectivity index (χ3v) is 3.04. The highest BCUT2D eigenvalue weighted by Gasteiger charge is 2.24. The highest BCUT2D eigenvalue weighted by molar-refractivity contribution is 5.42. The SMILES string of the molecule is CN1CCC(N(C)c2cc(C#N)ncn2)C1. The molecule has 5 nitrogen and oxygen atoms in total. The van der Waals surface area contributed by atoms with Crippen LogP contribution in [-0.2, 0) is 0 Å². The van der Waals surface area contributed by atoms with E-state index in [0.29, 0.717) is 11.7 Å². The molecular formula is C11H15N5. The number of anilines is 1. The lowest BCUT2D eigenvalue weighted by atomic mass is 10.2. The topological polar surface area (TPSA) is 56.0 Å². The van der Waals surface area contributed by atoms with Gasteiger partial charge >= 0.3 is 0 Å². The van der Waals surface area contributed by atoms with Crippen molar-refractivity contribution in [3.05, 3.63) is 18.1 Å².